The molecule has 176 valence electrons. The summed E-state index contributed by atoms with van der Waals surface area (Å²) in [5, 5.41) is 7.02. The largest absolute Gasteiger partial charge is 0.489 e. The van der Waals surface area contributed by atoms with Crippen molar-refractivity contribution in [3.8, 4) is 5.75 Å². The molecule has 0 heterocycles. The fourth-order valence-corrected chi connectivity index (χ4v) is 3.26. The number of benzene rings is 3. The molecule has 2 N–H and O–H groups in total. The molecule has 0 spiro atoms. The van der Waals surface area contributed by atoms with E-state index in [0.717, 1.165) is 11.1 Å². The summed E-state index contributed by atoms with van der Waals surface area (Å²) in [6.45, 7) is 3.97. The van der Waals surface area contributed by atoms with E-state index in [0.29, 0.717) is 22.9 Å². The predicted molar refractivity (Wildman–Crippen MR) is 130 cm³/mol. The van der Waals surface area contributed by atoms with E-state index in [2.05, 4.69) is 15.8 Å². The van der Waals surface area contributed by atoms with Crippen LogP contribution in [-0.2, 0) is 11.4 Å². The average molecular weight is 482 g/mol. The van der Waals surface area contributed by atoms with E-state index < -0.39 is 17.9 Å². The van der Waals surface area contributed by atoms with E-state index in [-0.39, 0.29) is 11.7 Å². The molecule has 1 unspecified atom stereocenters. The van der Waals surface area contributed by atoms with Gasteiger partial charge in [0.25, 0.3) is 11.8 Å². The fraction of sp³-hybridized carbons (Fsp3) is 0.192. The van der Waals surface area contributed by atoms with Crippen LogP contribution in [0, 0.1) is 11.7 Å². The van der Waals surface area contributed by atoms with Crippen LogP contribution in [0.5, 0.6) is 5.75 Å². The quantitative estimate of drug-likeness (QED) is 0.335. The molecule has 8 heteroatoms. The highest BCUT2D eigenvalue weighted by molar-refractivity contribution is 6.33. The van der Waals surface area contributed by atoms with Gasteiger partial charge >= 0.3 is 0 Å². The Morgan fingerprint density at radius 2 is 1.71 bits per heavy atom. The molecule has 2 amide bonds. The van der Waals surface area contributed by atoms with E-state index >= 15 is 0 Å². The Kier molecular flexibility index (Phi) is 8.76. The number of hydrazone groups is 1. The maximum absolute atomic E-state index is 13.0. The minimum atomic E-state index is -0.789. The molecule has 0 fully saturated rings. The second kappa shape index (κ2) is 12.0. The van der Waals surface area contributed by atoms with Crippen molar-refractivity contribution in [2.45, 2.75) is 26.5 Å². The smallest absolute Gasteiger partial charge is 0.262 e. The zero-order valence-electron chi connectivity index (χ0n) is 18.8. The number of nitrogens with zero attached hydrogens (tertiary/aromatic N) is 1. The van der Waals surface area contributed by atoms with Gasteiger partial charge in [-0.25, -0.2) is 9.82 Å². The predicted octanol–water partition coefficient (Wildman–Crippen LogP) is 4.96. The summed E-state index contributed by atoms with van der Waals surface area (Å²) < 4.78 is 18.7. The van der Waals surface area contributed by atoms with Crippen LogP contribution in [0.2, 0.25) is 5.02 Å². The number of hydrogen-bond acceptors (Lipinski definition) is 4. The molecular weight excluding hydrogens is 457 g/mol. The molecule has 3 aromatic rings. The molecule has 0 radical (unpaired) electrons. The van der Waals surface area contributed by atoms with Gasteiger partial charge in [0, 0.05) is 0 Å². The number of hydrogen-bond donors (Lipinski definition) is 2. The minimum absolute atomic E-state index is 0.167. The molecule has 0 aliphatic carbocycles. The van der Waals surface area contributed by atoms with E-state index in [1.807, 2.05) is 13.8 Å². The summed E-state index contributed by atoms with van der Waals surface area (Å²) in [6.07, 6.45) is 1.49. The Bertz CT molecular complexity index is 1150. The Morgan fingerprint density at radius 3 is 2.35 bits per heavy atom. The van der Waals surface area contributed by atoms with Crippen LogP contribution in [0.15, 0.2) is 77.9 Å². The highest BCUT2D eigenvalue weighted by atomic mass is 35.5. The number of amides is 2. The second-order valence-corrected chi connectivity index (χ2v) is 8.30. The number of halogens is 2. The third kappa shape index (κ3) is 7.15. The first-order chi connectivity index (χ1) is 16.3. The van der Waals surface area contributed by atoms with Crippen molar-refractivity contribution in [3.05, 3.63) is 100 Å². The summed E-state index contributed by atoms with van der Waals surface area (Å²) in [6, 6.07) is 19.1. The summed E-state index contributed by atoms with van der Waals surface area (Å²) in [4.78, 5) is 25.1. The van der Waals surface area contributed by atoms with Gasteiger partial charge in [0.05, 0.1) is 16.8 Å². The third-order valence-electron chi connectivity index (χ3n) is 4.94. The number of nitrogens with one attached hydrogen (secondary N) is 2. The van der Waals surface area contributed by atoms with Crippen molar-refractivity contribution in [2.75, 3.05) is 0 Å². The maximum atomic E-state index is 13.0. The molecule has 3 aromatic carbocycles. The van der Waals surface area contributed by atoms with Gasteiger partial charge in [0.1, 0.15) is 24.2 Å². The summed E-state index contributed by atoms with van der Waals surface area (Å²) in [7, 11) is 0. The molecule has 0 aromatic heterocycles. The fourth-order valence-electron chi connectivity index (χ4n) is 3.04. The van der Waals surface area contributed by atoms with Crippen LogP contribution in [-0.4, -0.2) is 24.1 Å². The van der Waals surface area contributed by atoms with E-state index in [4.69, 9.17) is 16.3 Å². The first-order valence-corrected chi connectivity index (χ1v) is 11.1. The lowest BCUT2D eigenvalue weighted by atomic mass is 10.0. The number of carbonyl (C=O) groups excluding carboxylic acids is 2. The van der Waals surface area contributed by atoms with E-state index in [1.54, 1.807) is 60.7 Å². The second-order valence-electron chi connectivity index (χ2n) is 7.89. The number of rotatable bonds is 9. The number of carbonyl (C=O) groups is 2. The summed E-state index contributed by atoms with van der Waals surface area (Å²) in [5.41, 5.74) is 4.37. The van der Waals surface area contributed by atoms with Crippen molar-refractivity contribution in [2.24, 2.45) is 11.0 Å². The van der Waals surface area contributed by atoms with Gasteiger partial charge in [0.2, 0.25) is 0 Å². The SMILES string of the molecule is CC(C)C(NC(=O)c1ccccc1Cl)C(=O)N/N=C\c1ccc(OCc2ccc(F)cc2)cc1. The lowest BCUT2D eigenvalue weighted by Crippen LogP contribution is -2.48. The molecule has 0 saturated carbocycles. The van der Waals surface area contributed by atoms with Gasteiger partial charge in [-0.2, -0.15) is 5.10 Å². The van der Waals surface area contributed by atoms with Crippen LogP contribution in [0.1, 0.15) is 35.3 Å². The molecule has 0 bridgehead atoms. The monoisotopic (exact) mass is 481 g/mol. The Balaban J connectivity index is 1.53. The third-order valence-corrected chi connectivity index (χ3v) is 5.27. The number of ether oxygens (including phenoxy) is 1. The molecule has 3 rings (SSSR count). The van der Waals surface area contributed by atoms with Crippen molar-refractivity contribution in [1.82, 2.24) is 10.7 Å². The van der Waals surface area contributed by atoms with Crippen LogP contribution in [0.3, 0.4) is 0 Å². The van der Waals surface area contributed by atoms with Gasteiger partial charge < -0.3 is 10.1 Å². The molecule has 0 aliphatic rings. The zero-order valence-corrected chi connectivity index (χ0v) is 19.6. The van der Waals surface area contributed by atoms with Gasteiger partial charge in [-0.1, -0.05) is 49.7 Å². The van der Waals surface area contributed by atoms with Crippen LogP contribution < -0.4 is 15.5 Å². The van der Waals surface area contributed by atoms with Crippen molar-refractivity contribution in [3.63, 3.8) is 0 Å². The molecule has 34 heavy (non-hydrogen) atoms. The van der Waals surface area contributed by atoms with Crippen molar-refractivity contribution in [1.29, 1.82) is 0 Å². The first kappa shape index (κ1) is 24.9. The topological polar surface area (TPSA) is 79.8 Å². The maximum Gasteiger partial charge on any atom is 0.262 e. The standard InChI is InChI=1S/C26H25ClFN3O3/c1-17(2)24(30-25(32)22-5-3-4-6-23(22)27)26(33)31-29-15-18-9-13-21(14-10-18)34-16-19-7-11-20(28)12-8-19/h3-15,17,24H,16H2,1-2H3,(H,30,32)(H,31,33)/b29-15-. The molecule has 6 nitrogen and oxygen atoms in total. The van der Waals surface area contributed by atoms with Crippen LogP contribution in [0.25, 0.3) is 0 Å². The minimum Gasteiger partial charge on any atom is -0.489 e. The highest BCUT2D eigenvalue weighted by Crippen LogP contribution is 2.16. The van der Waals surface area contributed by atoms with Gasteiger partial charge in [-0.05, 0) is 65.6 Å². The first-order valence-electron chi connectivity index (χ1n) is 10.7. The summed E-state index contributed by atoms with van der Waals surface area (Å²) >= 11 is 6.07. The zero-order chi connectivity index (χ0) is 24.5. The Hall–Kier alpha value is -3.71. The van der Waals surface area contributed by atoms with Crippen molar-refractivity contribution >= 4 is 29.6 Å². The van der Waals surface area contributed by atoms with E-state index in [1.165, 1.54) is 18.3 Å². The highest BCUT2D eigenvalue weighted by Gasteiger charge is 2.25. The average Bonchev–Trinajstić information content (AvgIpc) is 2.83. The van der Waals surface area contributed by atoms with Gasteiger partial charge in [-0.3, -0.25) is 9.59 Å². The van der Waals surface area contributed by atoms with Crippen LogP contribution >= 0.6 is 11.6 Å². The lowest BCUT2D eigenvalue weighted by Gasteiger charge is -2.20. The normalized spacial score (nSPS) is 11.9. The van der Waals surface area contributed by atoms with Crippen LogP contribution in [0.4, 0.5) is 4.39 Å². The van der Waals surface area contributed by atoms with E-state index in [9.17, 15) is 14.0 Å². The van der Waals surface area contributed by atoms with Gasteiger partial charge in [-0.15, -0.1) is 0 Å². The Labute approximate surface area is 202 Å². The van der Waals surface area contributed by atoms with Gasteiger partial charge in [0.15, 0.2) is 0 Å². The molecule has 0 aliphatic heterocycles. The Morgan fingerprint density at radius 1 is 1.03 bits per heavy atom. The molecule has 1 atom stereocenters. The molecular formula is C26H25ClFN3O3. The van der Waals surface area contributed by atoms with Crippen molar-refractivity contribution < 1.29 is 18.7 Å². The summed E-state index contributed by atoms with van der Waals surface area (Å²) in [5.74, 6) is -0.681. The molecule has 0 saturated heterocycles. The lowest BCUT2D eigenvalue weighted by molar-refractivity contribution is -0.123.